The van der Waals surface area contributed by atoms with Gasteiger partial charge in [-0.1, -0.05) is 37.6 Å². The largest absolute Gasteiger partial charge is 0.0814 e. The molecule has 0 fully saturated rings. The second-order valence-corrected chi connectivity index (χ2v) is 3.05. The Morgan fingerprint density at radius 2 is 2.40 bits per heavy atom. The van der Waals surface area contributed by atoms with Crippen LogP contribution in [0.5, 0.6) is 0 Å². The van der Waals surface area contributed by atoms with E-state index in [2.05, 4.69) is 32.1 Å². The van der Waals surface area contributed by atoms with Gasteiger partial charge in [0.15, 0.2) is 0 Å². The Kier molecular flexibility index (Phi) is 2.73. The average molecular weight is 136 g/mol. The molecule has 1 aliphatic rings. The first-order valence-corrected chi connectivity index (χ1v) is 4.20. The second-order valence-electron chi connectivity index (χ2n) is 3.05. The summed E-state index contributed by atoms with van der Waals surface area (Å²) in [5.41, 5.74) is 1.50. The molecule has 10 heavy (non-hydrogen) atoms. The van der Waals surface area contributed by atoms with Crippen molar-refractivity contribution in [3.8, 4) is 0 Å². The summed E-state index contributed by atoms with van der Waals surface area (Å²) in [4.78, 5) is 0. The third kappa shape index (κ3) is 2.02. The van der Waals surface area contributed by atoms with Crippen LogP contribution in [0, 0.1) is 5.92 Å². The molecular weight excluding hydrogens is 120 g/mol. The molecule has 1 rings (SSSR count). The van der Waals surface area contributed by atoms with E-state index in [0.717, 1.165) is 5.92 Å². The zero-order valence-electron chi connectivity index (χ0n) is 6.93. The lowest BCUT2D eigenvalue weighted by Gasteiger charge is -1.98. The molecule has 0 bridgehead atoms. The molecule has 0 aromatic carbocycles. The minimum atomic E-state index is 0.778. The number of allylic oxidation sites excluding steroid dienone is 4. The molecule has 56 valence electrons. The van der Waals surface area contributed by atoms with E-state index in [1.807, 2.05) is 0 Å². The van der Waals surface area contributed by atoms with Gasteiger partial charge in [-0.05, 0) is 25.2 Å². The van der Waals surface area contributed by atoms with Crippen molar-refractivity contribution in [2.45, 2.75) is 33.1 Å². The summed E-state index contributed by atoms with van der Waals surface area (Å²) < 4.78 is 0. The topological polar surface area (TPSA) is 0 Å². The number of hydrogen-bond donors (Lipinski definition) is 0. The molecule has 0 aliphatic heterocycles. The molecular formula is C10H16. The molecule has 0 aromatic heterocycles. The molecule has 0 aromatic rings. The highest BCUT2D eigenvalue weighted by atomic mass is 14.1. The SMILES string of the molecule is CCC1=CCCC(C)C=C1. The van der Waals surface area contributed by atoms with Crippen LogP contribution in [0.4, 0.5) is 0 Å². The minimum Gasteiger partial charge on any atom is -0.0814 e. The normalized spacial score (nSPS) is 25.8. The van der Waals surface area contributed by atoms with E-state index in [0.29, 0.717) is 0 Å². The van der Waals surface area contributed by atoms with Crippen molar-refractivity contribution in [3.63, 3.8) is 0 Å². The summed E-state index contributed by atoms with van der Waals surface area (Å²) in [5, 5.41) is 0. The van der Waals surface area contributed by atoms with Crippen molar-refractivity contribution in [1.29, 1.82) is 0 Å². The van der Waals surface area contributed by atoms with Crippen LogP contribution >= 0.6 is 0 Å². The lowest BCUT2D eigenvalue weighted by molar-refractivity contribution is 0.662. The van der Waals surface area contributed by atoms with Crippen molar-refractivity contribution in [2.75, 3.05) is 0 Å². The van der Waals surface area contributed by atoms with E-state index in [4.69, 9.17) is 0 Å². The van der Waals surface area contributed by atoms with Crippen molar-refractivity contribution in [1.82, 2.24) is 0 Å². The van der Waals surface area contributed by atoms with E-state index in [-0.39, 0.29) is 0 Å². The molecule has 0 heterocycles. The first-order valence-electron chi connectivity index (χ1n) is 4.20. The Morgan fingerprint density at radius 1 is 1.60 bits per heavy atom. The third-order valence-corrected chi connectivity index (χ3v) is 2.08. The summed E-state index contributed by atoms with van der Waals surface area (Å²) in [7, 11) is 0. The predicted molar refractivity (Wildman–Crippen MR) is 45.9 cm³/mol. The van der Waals surface area contributed by atoms with Gasteiger partial charge >= 0.3 is 0 Å². The van der Waals surface area contributed by atoms with Gasteiger partial charge in [0.2, 0.25) is 0 Å². The summed E-state index contributed by atoms with van der Waals surface area (Å²) in [5.74, 6) is 0.778. The van der Waals surface area contributed by atoms with E-state index >= 15 is 0 Å². The monoisotopic (exact) mass is 136 g/mol. The Hall–Kier alpha value is -0.520. The van der Waals surface area contributed by atoms with Crippen molar-refractivity contribution in [2.24, 2.45) is 5.92 Å². The van der Waals surface area contributed by atoms with E-state index < -0.39 is 0 Å². The Balaban J connectivity index is 2.57. The van der Waals surface area contributed by atoms with Crippen LogP contribution in [0.25, 0.3) is 0 Å². The molecule has 0 radical (unpaired) electrons. The minimum absolute atomic E-state index is 0.778. The zero-order valence-corrected chi connectivity index (χ0v) is 6.93. The summed E-state index contributed by atoms with van der Waals surface area (Å²) in [6.07, 6.45) is 10.7. The molecule has 0 heteroatoms. The summed E-state index contributed by atoms with van der Waals surface area (Å²) in [6.45, 7) is 4.50. The molecule has 1 aliphatic carbocycles. The fraction of sp³-hybridized carbons (Fsp3) is 0.600. The summed E-state index contributed by atoms with van der Waals surface area (Å²) in [6, 6.07) is 0. The number of hydrogen-bond acceptors (Lipinski definition) is 0. The molecule has 0 spiro atoms. The van der Waals surface area contributed by atoms with Gasteiger partial charge in [-0.2, -0.15) is 0 Å². The van der Waals surface area contributed by atoms with Gasteiger partial charge in [0.05, 0.1) is 0 Å². The Morgan fingerprint density at radius 3 is 3.10 bits per heavy atom. The van der Waals surface area contributed by atoms with Crippen LogP contribution < -0.4 is 0 Å². The van der Waals surface area contributed by atoms with Gasteiger partial charge < -0.3 is 0 Å². The lowest BCUT2D eigenvalue weighted by atomic mass is 10.1. The van der Waals surface area contributed by atoms with Crippen LogP contribution in [0.15, 0.2) is 23.8 Å². The van der Waals surface area contributed by atoms with Gasteiger partial charge in [0.1, 0.15) is 0 Å². The molecule has 1 unspecified atom stereocenters. The van der Waals surface area contributed by atoms with Gasteiger partial charge in [0, 0.05) is 0 Å². The van der Waals surface area contributed by atoms with Crippen LogP contribution in [-0.4, -0.2) is 0 Å². The van der Waals surface area contributed by atoms with Crippen LogP contribution in [0.1, 0.15) is 33.1 Å². The zero-order chi connectivity index (χ0) is 7.40. The predicted octanol–water partition coefficient (Wildman–Crippen LogP) is 3.31. The van der Waals surface area contributed by atoms with Crippen LogP contribution in [0.3, 0.4) is 0 Å². The van der Waals surface area contributed by atoms with Crippen molar-refractivity contribution >= 4 is 0 Å². The fourth-order valence-corrected chi connectivity index (χ4v) is 1.25. The standard InChI is InChI=1S/C10H16/c1-3-10-6-4-5-9(2)7-8-10/h6-9H,3-5H2,1-2H3. The quantitative estimate of drug-likeness (QED) is 0.518. The lowest BCUT2D eigenvalue weighted by Crippen LogP contribution is -1.84. The maximum absolute atomic E-state index is 2.36. The molecule has 0 nitrogen and oxygen atoms in total. The Bertz CT molecular complexity index is 151. The van der Waals surface area contributed by atoms with Crippen molar-refractivity contribution in [3.05, 3.63) is 23.8 Å². The summed E-state index contributed by atoms with van der Waals surface area (Å²) >= 11 is 0. The van der Waals surface area contributed by atoms with Gasteiger partial charge in [-0.25, -0.2) is 0 Å². The van der Waals surface area contributed by atoms with E-state index in [1.54, 1.807) is 0 Å². The van der Waals surface area contributed by atoms with Gasteiger partial charge in [0.25, 0.3) is 0 Å². The van der Waals surface area contributed by atoms with Gasteiger partial charge in [-0.15, -0.1) is 0 Å². The third-order valence-electron chi connectivity index (χ3n) is 2.08. The maximum Gasteiger partial charge on any atom is -0.0256 e. The second kappa shape index (κ2) is 3.60. The highest BCUT2D eigenvalue weighted by Crippen LogP contribution is 2.16. The Labute approximate surface area is 63.6 Å². The molecule has 0 N–H and O–H groups in total. The first kappa shape index (κ1) is 7.59. The van der Waals surface area contributed by atoms with Gasteiger partial charge in [-0.3, -0.25) is 0 Å². The average Bonchev–Trinajstić information content (AvgIpc) is 2.14. The number of rotatable bonds is 1. The highest BCUT2D eigenvalue weighted by Gasteiger charge is 1.99. The maximum atomic E-state index is 2.36. The smallest absolute Gasteiger partial charge is 0.0256 e. The van der Waals surface area contributed by atoms with E-state index in [9.17, 15) is 0 Å². The highest BCUT2D eigenvalue weighted by molar-refractivity contribution is 5.20. The van der Waals surface area contributed by atoms with Crippen LogP contribution in [0.2, 0.25) is 0 Å². The molecule has 0 saturated heterocycles. The van der Waals surface area contributed by atoms with Crippen LogP contribution in [-0.2, 0) is 0 Å². The molecule has 0 saturated carbocycles. The molecule has 1 atom stereocenters. The fourth-order valence-electron chi connectivity index (χ4n) is 1.25. The van der Waals surface area contributed by atoms with Crippen molar-refractivity contribution < 1.29 is 0 Å². The molecule has 0 amide bonds. The first-order chi connectivity index (χ1) is 4.83. The van der Waals surface area contributed by atoms with E-state index in [1.165, 1.54) is 24.8 Å².